The summed E-state index contributed by atoms with van der Waals surface area (Å²) in [6.07, 6.45) is 2.13. The van der Waals surface area contributed by atoms with Crippen molar-refractivity contribution >= 4 is 21.8 Å². The van der Waals surface area contributed by atoms with Crippen LogP contribution in [0.4, 0.5) is 0 Å². The van der Waals surface area contributed by atoms with Crippen molar-refractivity contribution in [1.82, 2.24) is 15.4 Å². The number of sulfonamides is 1. The first-order chi connectivity index (χ1) is 11.2. The zero-order valence-electron chi connectivity index (χ0n) is 14.7. The van der Waals surface area contributed by atoms with E-state index in [1.165, 1.54) is 0 Å². The monoisotopic (exact) mass is 359 g/mol. The van der Waals surface area contributed by atoms with Gasteiger partial charge in [-0.05, 0) is 44.2 Å². The van der Waals surface area contributed by atoms with E-state index in [0.717, 1.165) is 19.5 Å². The standard InChI is InChI=1S/C16H29N3O4S/c1-10(2)15(20)19-24(22,23)14-7-13(14)6-11(3)16(21)18-9-12-4-5-17-8-12/h10-14,17H,4-9H2,1-3H3,(H,18,21)(H,19,20). The normalized spacial score (nSPS) is 27.8. The van der Waals surface area contributed by atoms with Gasteiger partial charge in [-0.1, -0.05) is 20.8 Å². The highest BCUT2D eigenvalue weighted by atomic mass is 32.2. The Balaban J connectivity index is 1.74. The van der Waals surface area contributed by atoms with E-state index in [-0.39, 0.29) is 23.7 Å². The molecule has 0 spiro atoms. The Morgan fingerprint density at radius 3 is 2.50 bits per heavy atom. The first-order valence-electron chi connectivity index (χ1n) is 8.74. The first-order valence-corrected chi connectivity index (χ1v) is 10.3. The van der Waals surface area contributed by atoms with Gasteiger partial charge in [0, 0.05) is 18.4 Å². The zero-order valence-corrected chi connectivity index (χ0v) is 15.5. The van der Waals surface area contributed by atoms with Crippen LogP contribution in [-0.2, 0) is 19.6 Å². The van der Waals surface area contributed by atoms with Gasteiger partial charge in [0.25, 0.3) is 0 Å². The van der Waals surface area contributed by atoms with Crippen LogP contribution in [0.5, 0.6) is 0 Å². The summed E-state index contributed by atoms with van der Waals surface area (Å²) in [7, 11) is -3.62. The molecule has 3 N–H and O–H groups in total. The van der Waals surface area contributed by atoms with Gasteiger partial charge in [0.2, 0.25) is 21.8 Å². The number of amides is 2. The van der Waals surface area contributed by atoms with Crippen LogP contribution in [0.1, 0.15) is 40.0 Å². The van der Waals surface area contributed by atoms with Gasteiger partial charge >= 0.3 is 0 Å². The van der Waals surface area contributed by atoms with E-state index >= 15 is 0 Å². The van der Waals surface area contributed by atoms with Gasteiger partial charge in [0.05, 0.1) is 5.25 Å². The Morgan fingerprint density at radius 1 is 1.21 bits per heavy atom. The summed E-state index contributed by atoms with van der Waals surface area (Å²) in [6, 6.07) is 0. The van der Waals surface area contributed by atoms with Crippen LogP contribution in [0.15, 0.2) is 0 Å². The third kappa shape index (κ3) is 5.17. The fourth-order valence-electron chi connectivity index (χ4n) is 3.05. The van der Waals surface area contributed by atoms with E-state index < -0.39 is 21.2 Å². The highest BCUT2D eigenvalue weighted by Crippen LogP contribution is 2.41. The molecule has 1 aliphatic carbocycles. The molecule has 2 amide bonds. The van der Waals surface area contributed by atoms with Gasteiger partial charge < -0.3 is 10.6 Å². The topological polar surface area (TPSA) is 104 Å². The lowest BCUT2D eigenvalue weighted by molar-refractivity contribution is -0.125. The Hall–Kier alpha value is -1.15. The molecular formula is C16H29N3O4S. The fourth-order valence-corrected chi connectivity index (χ4v) is 4.84. The summed E-state index contributed by atoms with van der Waals surface area (Å²) in [4.78, 5) is 23.7. The third-order valence-corrected chi connectivity index (χ3v) is 6.71. The minimum atomic E-state index is -3.62. The SMILES string of the molecule is CC(C)C(=O)NS(=O)(=O)C1CC1CC(C)C(=O)NCC1CCNC1. The maximum Gasteiger partial charge on any atom is 0.238 e. The smallest absolute Gasteiger partial charge is 0.238 e. The largest absolute Gasteiger partial charge is 0.356 e. The lowest BCUT2D eigenvalue weighted by Crippen LogP contribution is -2.37. The number of rotatable bonds is 8. The lowest BCUT2D eigenvalue weighted by atomic mass is 10.0. The summed E-state index contributed by atoms with van der Waals surface area (Å²) in [6.45, 7) is 7.75. The van der Waals surface area contributed by atoms with Crippen LogP contribution in [0.25, 0.3) is 0 Å². The number of carbonyl (C=O) groups is 2. The predicted octanol–water partition coefficient (Wildman–Crippen LogP) is 0.229. The third-order valence-electron chi connectivity index (χ3n) is 4.85. The summed E-state index contributed by atoms with van der Waals surface area (Å²) >= 11 is 0. The molecular weight excluding hydrogens is 330 g/mol. The molecule has 4 unspecified atom stereocenters. The second-order valence-electron chi connectivity index (χ2n) is 7.44. The molecule has 0 bridgehead atoms. The average molecular weight is 359 g/mol. The zero-order chi connectivity index (χ0) is 17.9. The van der Waals surface area contributed by atoms with Crippen molar-refractivity contribution in [2.45, 2.75) is 45.3 Å². The number of hydrogen-bond acceptors (Lipinski definition) is 5. The fraction of sp³-hybridized carbons (Fsp3) is 0.875. The van der Waals surface area contributed by atoms with Crippen molar-refractivity contribution in [2.24, 2.45) is 23.7 Å². The van der Waals surface area contributed by atoms with Crippen molar-refractivity contribution in [3.63, 3.8) is 0 Å². The minimum absolute atomic E-state index is 0.0174. The Labute approximate surface area is 144 Å². The van der Waals surface area contributed by atoms with Crippen LogP contribution in [-0.4, -0.2) is 45.1 Å². The Morgan fingerprint density at radius 2 is 1.92 bits per heavy atom. The van der Waals surface area contributed by atoms with Gasteiger partial charge in [-0.15, -0.1) is 0 Å². The molecule has 0 aromatic heterocycles. The molecule has 2 fully saturated rings. The molecule has 1 aliphatic heterocycles. The summed E-state index contributed by atoms with van der Waals surface area (Å²) in [5, 5.41) is 5.67. The molecule has 1 saturated carbocycles. The van der Waals surface area contributed by atoms with Gasteiger partial charge in [-0.3, -0.25) is 14.3 Å². The molecule has 24 heavy (non-hydrogen) atoms. The lowest BCUT2D eigenvalue weighted by Gasteiger charge is -2.15. The van der Waals surface area contributed by atoms with Crippen molar-refractivity contribution in [3.8, 4) is 0 Å². The van der Waals surface area contributed by atoms with E-state index in [9.17, 15) is 18.0 Å². The van der Waals surface area contributed by atoms with Crippen LogP contribution < -0.4 is 15.4 Å². The van der Waals surface area contributed by atoms with Crippen molar-refractivity contribution in [2.75, 3.05) is 19.6 Å². The maximum absolute atomic E-state index is 12.1. The molecule has 7 nitrogen and oxygen atoms in total. The van der Waals surface area contributed by atoms with Gasteiger partial charge in [0.1, 0.15) is 0 Å². The van der Waals surface area contributed by atoms with E-state index in [2.05, 4.69) is 15.4 Å². The van der Waals surface area contributed by atoms with Crippen LogP contribution in [0.3, 0.4) is 0 Å². The number of nitrogens with one attached hydrogen (secondary N) is 3. The quantitative estimate of drug-likeness (QED) is 0.575. The highest BCUT2D eigenvalue weighted by Gasteiger charge is 2.48. The van der Waals surface area contributed by atoms with E-state index in [1.54, 1.807) is 13.8 Å². The Kier molecular flexibility index (Phi) is 6.25. The Bertz CT molecular complexity index is 570. The second-order valence-corrected chi connectivity index (χ2v) is 9.34. The first kappa shape index (κ1) is 19.2. The van der Waals surface area contributed by atoms with Crippen LogP contribution >= 0.6 is 0 Å². The average Bonchev–Trinajstić information content (AvgIpc) is 3.09. The molecule has 8 heteroatoms. The minimum Gasteiger partial charge on any atom is -0.356 e. The molecule has 2 aliphatic rings. The summed E-state index contributed by atoms with van der Waals surface area (Å²) in [5.41, 5.74) is 0. The van der Waals surface area contributed by atoms with Crippen molar-refractivity contribution < 1.29 is 18.0 Å². The molecule has 1 saturated heterocycles. The molecule has 0 radical (unpaired) electrons. The highest BCUT2D eigenvalue weighted by molar-refractivity contribution is 7.91. The maximum atomic E-state index is 12.1. The number of hydrogen-bond donors (Lipinski definition) is 3. The predicted molar refractivity (Wildman–Crippen MR) is 91.6 cm³/mol. The van der Waals surface area contributed by atoms with Gasteiger partial charge in [0.15, 0.2) is 0 Å². The van der Waals surface area contributed by atoms with E-state index in [4.69, 9.17) is 0 Å². The van der Waals surface area contributed by atoms with Crippen LogP contribution in [0.2, 0.25) is 0 Å². The van der Waals surface area contributed by atoms with E-state index in [1.807, 2.05) is 6.92 Å². The molecule has 138 valence electrons. The van der Waals surface area contributed by atoms with Crippen molar-refractivity contribution in [3.05, 3.63) is 0 Å². The van der Waals surface area contributed by atoms with E-state index in [0.29, 0.717) is 25.3 Å². The van der Waals surface area contributed by atoms with Gasteiger partial charge in [-0.2, -0.15) is 0 Å². The second kappa shape index (κ2) is 7.82. The molecule has 0 aromatic carbocycles. The molecule has 2 rings (SSSR count). The summed E-state index contributed by atoms with van der Waals surface area (Å²) < 4.78 is 26.4. The number of carbonyl (C=O) groups excluding carboxylic acids is 2. The summed E-state index contributed by atoms with van der Waals surface area (Å²) in [5.74, 6) is -0.636. The molecule has 0 aromatic rings. The van der Waals surface area contributed by atoms with Gasteiger partial charge in [-0.25, -0.2) is 8.42 Å². The molecule has 1 heterocycles. The van der Waals surface area contributed by atoms with Crippen LogP contribution in [0, 0.1) is 23.7 Å². The molecule has 4 atom stereocenters. The van der Waals surface area contributed by atoms with Crippen molar-refractivity contribution in [1.29, 1.82) is 0 Å².